The minimum Gasteiger partial charge on any atom is -0.445 e. The molecule has 0 spiro atoms. The molecule has 2 aromatic rings. The van der Waals surface area contributed by atoms with Crippen molar-refractivity contribution in [2.75, 3.05) is 0 Å². The quantitative estimate of drug-likeness (QED) is 0.842. The van der Waals surface area contributed by atoms with Crippen molar-refractivity contribution < 1.29 is 12.8 Å². The molecule has 0 radical (unpaired) electrons. The molecule has 102 valence electrons. The third-order valence-corrected chi connectivity index (χ3v) is 5.14. The fraction of sp³-hybridized carbons (Fsp3) is 0.182. The minimum absolute atomic E-state index is 0.0126. The van der Waals surface area contributed by atoms with Gasteiger partial charge in [-0.1, -0.05) is 15.9 Å². The second-order valence-corrected chi connectivity index (χ2v) is 7.27. The van der Waals surface area contributed by atoms with E-state index in [1.54, 1.807) is 25.3 Å². The molecular weight excluding hydrogens is 400 g/mol. The Morgan fingerprint density at radius 3 is 2.68 bits per heavy atom. The van der Waals surface area contributed by atoms with Crippen molar-refractivity contribution in [3.63, 3.8) is 0 Å². The fourth-order valence-corrected chi connectivity index (χ4v) is 4.13. The molecular formula is C11H10Br2N2O3S. The molecule has 5 nitrogen and oxygen atoms in total. The van der Waals surface area contributed by atoms with Gasteiger partial charge in [0.1, 0.15) is 5.76 Å². The molecule has 0 aliphatic carbocycles. The summed E-state index contributed by atoms with van der Waals surface area (Å²) in [7, 11) is -3.61. The average molecular weight is 410 g/mol. The maximum absolute atomic E-state index is 12.1. The number of rotatable bonds is 4. The SMILES string of the molecule is Cc1cnc(CNS(=O)(=O)c2ccc(Br)cc2Br)o1. The summed E-state index contributed by atoms with van der Waals surface area (Å²) in [6.45, 7) is 1.76. The summed E-state index contributed by atoms with van der Waals surface area (Å²) in [6.07, 6.45) is 1.54. The molecule has 1 aromatic heterocycles. The van der Waals surface area contributed by atoms with Crippen molar-refractivity contribution in [3.05, 3.63) is 45.0 Å². The van der Waals surface area contributed by atoms with E-state index in [1.165, 1.54) is 6.07 Å². The number of sulfonamides is 1. The highest BCUT2D eigenvalue weighted by Gasteiger charge is 2.18. The second kappa shape index (κ2) is 5.74. The third kappa shape index (κ3) is 3.65. The van der Waals surface area contributed by atoms with Crippen LogP contribution in [0, 0.1) is 6.92 Å². The van der Waals surface area contributed by atoms with E-state index in [9.17, 15) is 8.42 Å². The van der Waals surface area contributed by atoms with E-state index >= 15 is 0 Å². The van der Waals surface area contributed by atoms with Crippen molar-refractivity contribution in [1.29, 1.82) is 0 Å². The highest BCUT2D eigenvalue weighted by Crippen LogP contribution is 2.25. The van der Waals surface area contributed by atoms with Gasteiger partial charge in [0.25, 0.3) is 0 Å². The summed E-state index contributed by atoms with van der Waals surface area (Å²) < 4.78 is 33.2. The van der Waals surface area contributed by atoms with Gasteiger partial charge in [-0.15, -0.1) is 0 Å². The second-order valence-electron chi connectivity index (χ2n) is 3.76. The predicted octanol–water partition coefficient (Wildman–Crippen LogP) is 2.99. The zero-order valence-electron chi connectivity index (χ0n) is 9.85. The lowest BCUT2D eigenvalue weighted by Crippen LogP contribution is -2.23. The number of nitrogens with zero attached hydrogens (tertiary/aromatic N) is 1. The van der Waals surface area contributed by atoms with Gasteiger partial charge in [0, 0.05) is 8.95 Å². The Bertz CT molecular complexity index is 698. The van der Waals surface area contributed by atoms with Crippen molar-refractivity contribution >= 4 is 41.9 Å². The van der Waals surface area contributed by atoms with Gasteiger partial charge < -0.3 is 4.42 Å². The Hall–Kier alpha value is -0.700. The first kappa shape index (κ1) is 14.7. The van der Waals surface area contributed by atoms with Crippen molar-refractivity contribution in [1.82, 2.24) is 9.71 Å². The molecule has 0 saturated heterocycles. The lowest BCUT2D eigenvalue weighted by molar-refractivity contribution is 0.463. The van der Waals surface area contributed by atoms with E-state index in [4.69, 9.17) is 4.42 Å². The van der Waals surface area contributed by atoms with Gasteiger partial charge in [-0.3, -0.25) is 0 Å². The summed E-state index contributed by atoms with van der Waals surface area (Å²) in [5.74, 6) is 0.966. The lowest BCUT2D eigenvalue weighted by Gasteiger charge is -2.07. The van der Waals surface area contributed by atoms with E-state index in [2.05, 4.69) is 41.6 Å². The molecule has 0 saturated carbocycles. The maximum Gasteiger partial charge on any atom is 0.242 e. The van der Waals surface area contributed by atoms with Crippen LogP contribution in [0.5, 0.6) is 0 Å². The minimum atomic E-state index is -3.61. The van der Waals surface area contributed by atoms with Crippen molar-refractivity contribution in [2.24, 2.45) is 0 Å². The molecule has 1 heterocycles. The van der Waals surface area contributed by atoms with Crippen molar-refractivity contribution in [2.45, 2.75) is 18.4 Å². The number of benzene rings is 1. The van der Waals surface area contributed by atoms with Gasteiger partial charge in [-0.2, -0.15) is 0 Å². The van der Waals surface area contributed by atoms with Gasteiger partial charge >= 0.3 is 0 Å². The molecule has 0 atom stereocenters. The van der Waals surface area contributed by atoms with Crippen LogP contribution in [-0.4, -0.2) is 13.4 Å². The first-order valence-corrected chi connectivity index (χ1v) is 8.31. The van der Waals surface area contributed by atoms with Crippen LogP contribution >= 0.6 is 31.9 Å². The van der Waals surface area contributed by atoms with Crippen LogP contribution in [0.4, 0.5) is 0 Å². The Morgan fingerprint density at radius 1 is 1.37 bits per heavy atom. The van der Waals surface area contributed by atoms with Crippen LogP contribution in [0.1, 0.15) is 11.7 Å². The van der Waals surface area contributed by atoms with Crippen LogP contribution < -0.4 is 4.72 Å². The number of hydrogen-bond donors (Lipinski definition) is 1. The average Bonchev–Trinajstić information content (AvgIpc) is 2.72. The van der Waals surface area contributed by atoms with Gasteiger partial charge in [0.2, 0.25) is 15.9 Å². The molecule has 1 N–H and O–H groups in total. The summed E-state index contributed by atoms with van der Waals surface area (Å²) >= 11 is 6.50. The summed E-state index contributed by atoms with van der Waals surface area (Å²) in [6, 6.07) is 4.84. The number of oxazole rings is 1. The molecule has 0 aliphatic rings. The molecule has 0 aliphatic heterocycles. The molecule has 0 unspecified atom stereocenters. The van der Waals surface area contributed by atoms with E-state index in [-0.39, 0.29) is 11.4 Å². The van der Waals surface area contributed by atoms with E-state index < -0.39 is 10.0 Å². The summed E-state index contributed by atoms with van der Waals surface area (Å²) in [5, 5.41) is 0. The standard InChI is InChI=1S/C11H10Br2N2O3S/c1-7-5-14-11(18-7)6-15-19(16,17)10-3-2-8(12)4-9(10)13/h2-5,15H,6H2,1H3. The number of aryl methyl sites for hydroxylation is 1. The van der Waals surface area contributed by atoms with Gasteiger partial charge in [0.15, 0.2) is 0 Å². The predicted molar refractivity (Wildman–Crippen MR) is 77.1 cm³/mol. The number of nitrogens with one attached hydrogen (secondary N) is 1. The van der Waals surface area contributed by atoms with Crippen LogP contribution in [0.25, 0.3) is 0 Å². The lowest BCUT2D eigenvalue weighted by atomic mass is 10.4. The highest BCUT2D eigenvalue weighted by molar-refractivity contribution is 9.11. The molecule has 8 heteroatoms. The largest absolute Gasteiger partial charge is 0.445 e. The maximum atomic E-state index is 12.1. The summed E-state index contributed by atoms with van der Waals surface area (Å²) in [4.78, 5) is 4.10. The van der Waals surface area contributed by atoms with Crippen molar-refractivity contribution in [3.8, 4) is 0 Å². The molecule has 0 fully saturated rings. The van der Waals surface area contributed by atoms with Gasteiger partial charge in [0.05, 0.1) is 17.6 Å². The van der Waals surface area contributed by atoms with Crippen LogP contribution in [0.15, 0.2) is 42.7 Å². The zero-order chi connectivity index (χ0) is 14.0. The first-order chi connectivity index (χ1) is 8.88. The topological polar surface area (TPSA) is 72.2 Å². The van der Waals surface area contributed by atoms with Gasteiger partial charge in [-0.25, -0.2) is 18.1 Å². The third-order valence-electron chi connectivity index (χ3n) is 2.27. The first-order valence-electron chi connectivity index (χ1n) is 5.24. The number of halogens is 2. The van der Waals surface area contributed by atoms with Crippen LogP contribution in [-0.2, 0) is 16.6 Å². The monoisotopic (exact) mass is 408 g/mol. The van der Waals surface area contributed by atoms with Crippen LogP contribution in [0.2, 0.25) is 0 Å². The fourth-order valence-electron chi connectivity index (χ4n) is 1.41. The zero-order valence-corrected chi connectivity index (χ0v) is 13.8. The Labute approximate surface area is 127 Å². The number of hydrogen-bond acceptors (Lipinski definition) is 4. The Morgan fingerprint density at radius 2 is 2.11 bits per heavy atom. The highest BCUT2D eigenvalue weighted by atomic mass is 79.9. The normalized spacial score (nSPS) is 11.7. The van der Waals surface area contributed by atoms with Gasteiger partial charge in [-0.05, 0) is 41.1 Å². The molecule has 0 amide bonds. The number of aromatic nitrogens is 1. The van der Waals surface area contributed by atoms with E-state index in [0.717, 1.165) is 4.47 Å². The Kier molecular flexibility index (Phi) is 4.44. The molecule has 0 bridgehead atoms. The van der Waals surface area contributed by atoms with Crippen LogP contribution in [0.3, 0.4) is 0 Å². The molecule has 19 heavy (non-hydrogen) atoms. The smallest absolute Gasteiger partial charge is 0.242 e. The van der Waals surface area contributed by atoms with E-state index in [1.807, 2.05) is 0 Å². The molecule has 1 aromatic carbocycles. The molecule has 2 rings (SSSR count). The summed E-state index contributed by atoms with van der Waals surface area (Å²) in [5.41, 5.74) is 0. The Balaban J connectivity index is 2.18. The van der Waals surface area contributed by atoms with E-state index in [0.29, 0.717) is 16.1 Å².